The summed E-state index contributed by atoms with van der Waals surface area (Å²) in [5.41, 5.74) is 2.45. The quantitative estimate of drug-likeness (QED) is 0.332. The minimum atomic E-state index is -1.13. The van der Waals surface area contributed by atoms with Crippen molar-refractivity contribution in [2.24, 2.45) is 5.92 Å². The molecule has 9 heteroatoms. The second kappa shape index (κ2) is 9.87. The fraction of sp³-hybridized carbons (Fsp3) is 0.385. The number of carbonyl (C=O) groups is 2. The van der Waals surface area contributed by atoms with Gasteiger partial charge in [-0.2, -0.15) is 5.10 Å². The van der Waals surface area contributed by atoms with Crippen LogP contribution in [0.4, 0.5) is 0 Å². The minimum absolute atomic E-state index is 0.0196. The van der Waals surface area contributed by atoms with Gasteiger partial charge < -0.3 is 15.5 Å². The van der Waals surface area contributed by atoms with Crippen molar-refractivity contribution in [2.75, 3.05) is 6.61 Å². The summed E-state index contributed by atoms with van der Waals surface area (Å²) in [5.74, 6) is -2.69. The molecule has 35 heavy (non-hydrogen) atoms. The first-order valence-electron chi connectivity index (χ1n) is 11.7. The van der Waals surface area contributed by atoms with E-state index in [2.05, 4.69) is 10.4 Å². The first-order valence-corrected chi connectivity index (χ1v) is 11.7. The summed E-state index contributed by atoms with van der Waals surface area (Å²) in [4.78, 5) is 38.3. The van der Waals surface area contributed by atoms with Gasteiger partial charge in [-0.3, -0.25) is 9.59 Å². The monoisotopic (exact) mass is 479 g/mol. The maximum Gasteiger partial charge on any atom is 0.308 e. The number of hydrogen-bond donors (Lipinski definition) is 4. The van der Waals surface area contributed by atoms with Crippen molar-refractivity contribution in [1.29, 1.82) is 0 Å². The number of benzene rings is 2. The summed E-state index contributed by atoms with van der Waals surface area (Å²) in [6.45, 7) is 3.31. The maximum atomic E-state index is 13.1. The Morgan fingerprint density at radius 2 is 1.74 bits per heavy atom. The standard InChI is InChI=1S/C26H30N4O5/c1-26(2,20-10-8-18(9-11-20)17-6-4-3-5-7-17)23(14-19(16-31)25(33)34)27-24(32)22-15-29(35)30(28-22)21-12-13-21/h3-11,15,19,21,23,31H,12-14,16H2,1-2H3,(H2-,27,28,32,33,34,35)/p+1. The molecule has 9 nitrogen and oxygen atoms in total. The van der Waals surface area contributed by atoms with Gasteiger partial charge in [0.05, 0.1) is 17.1 Å². The molecular weight excluding hydrogens is 448 g/mol. The van der Waals surface area contributed by atoms with Crippen molar-refractivity contribution in [3.05, 3.63) is 77.0 Å². The molecule has 1 aliphatic rings. The van der Waals surface area contributed by atoms with Crippen molar-refractivity contribution < 1.29 is 24.3 Å². The van der Waals surface area contributed by atoms with E-state index in [4.69, 9.17) is 0 Å². The lowest BCUT2D eigenvalue weighted by atomic mass is 9.74. The fourth-order valence-corrected chi connectivity index (χ4v) is 4.29. The van der Waals surface area contributed by atoms with Crippen LogP contribution in [0.5, 0.6) is 0 Å². The molecule has 0 bridgehead atoms. The number of aliphatic carboxylic acids is 1. The molecule has 1 heterocycles. The third-order valence-electron chi connectivity index (χ3n) is 6.83. The number of aromatic amines is 1. The Hall–Kier alpha value is -3.72. The number of aliphatic hydroxyl groups excluding tert-OH is 1. The zero-order valence-electron chi connectivity index (χ0n) is 19.8. The van der Waals surface area contributed by atoms with Gasteiger partial charge in [0.15, 0.2) is 0 Å². The summed E-state index contributed by atoms with van der Waals surface area (Å²) in [7, 11) is 0. The molecule has 184 valence electrons. The van der Waals surface area contributed by atoms with Gasteiger partial charge >= 0.3 is 5.97 Å². The molecule has 0 radical (unpaired) electrons. The van der Waals surface area contributed by atoms with Gasteiger partial charge in [-0.25, -0.2) is 0 Å². The van der Waals surface area contributed by atoms with E-state index in [0.717, 1.165) is 29.5 Å². The lowest BCUT2D eigenvalue weighted by Crippen LogP contribution is -2.49. The van der Waals surface area contributed by atoms with Gasteiger partial charge in [0, 0.05) is 11.5 Å². The van der Waals surface area contributed by atoms with Crippen molar-refractivity contribution in [2.45, 2.75) is 50.6 Å². The molecule has 1 amide bonds. The second-order valence-electron chi connectivity index (χ2n) is 9.68. The molecule has 0 spiro atoms. The van der Waals surface area contributed by atoms with Crippen molar-refractivity contribution in [3.8, 4) is 11.1 Å². The zero-order chi connectivity index (χ0) is 25.2. The largest absolute Gasteiger partial charge is 0.481 e. The molecule has 2 atom stereocenters. The van der Waals surface area contributed by atoms with E-state index in [-0.39, 0.29) is 18.2 Å². The van der Waals surface area contributed by atoms with Crippen LogP contribution < -0.4 is 9.86 Å². The number of carboxylic acids is 1. The average Bonchev–Trinajstić information content (AvgIpc) is 3.62. The normalized spacial score (nSPS) is 15.4. The summed E-state index contributed by atoms with van der Waals surface area (Å²) < 4.78 is 0.614. The van der Waals surface area contributed by atoms with Crippen LogP contribution in [0.1, 0.15) is 55.2 Å². The van der Waals surface area contributed by atoms with Gasteiger partial charge in [-0.05, 0) is 45.7 Å². The molecule has 1 fully saturated rings. The first kappa shape index (κ1) is 24.4. The van der Waals surface area contributed by atoms with E-state index >= 15 is 0 Å². The molecule has 2 aromatic carbocycles. The van der Waals surface area contributed by atoms with Crippen LogP contribution in [0.2, 0.25) is 0 Å². The van der Waals surface area contributed by atoms with Crippen LogP contribution in [0.3, 0.4) is 0 Å². The molecule has 0 aliphatic heterocycles. The summed E-state index contributed by atoms with van der Waals surface area (Å²) >= 11 is 0. The summed E-state index contributed by atoms with van der Waals surface area (Å²) in [6, 6.07) is 17.3. The number of aromatic nitrogens is 3. The van der Waals surface area contributed by atoms with Gasteiger partial charge in [0.2, 0.25) is 6.20 Å². The van der Waals surface area contributed by atoms with Crippen LogP contribution in [0.15, 0.2) is 60.8 Å². The zero-order valence-corrected chi connectivity index (χ0v) is 19.8. The average molecular weight is 480 g/mol. The van der Waals surface area contributed by atoms with Gasteiger partial charge in [-0.15, -0.1) is 0 Å². The third-order valence-corrected chi connectivity index (χ3v) is 6.83. The molecule has 3 aromatic rings. The molecule has 1 saturated carbocycles. The molecular formula is C26H31N4O5+. The Kier molecular flexibility index (Phi) is 6.88. The number of rotatable bonds is 10. The second-order valence-corrected chi connectivity index (χ2v) is 9.68. The van der Waals surface area contributed by atoms with E-state index in [1.165, 1.54) is 11.0 Å². The Morgan fingerprint density at radius 3 is 2.31 bits per heavy atom. The smallest absolute Gasteiger partial charge is 0.308 e. The summed E-state index contributed by atoms with van der Waals surface area (Å²) in [6.07, 6.45) is 2.96. The number of H-pyrrole nitrogens is 1. The fourth-order valence-electron chi connectivity index (χ4n) is 4.29. The molecule has 0 saturated heterocycles. The highest BCUT2D eigenvalue weighted by Crippen LogP contribution is 2.34. The lowest BCUT2D eigenvalue weighted by molar-refractivity contribution is -0.600. The predicted molar refractivity (Wildman–Crippen MR) is 129 cm³/mol. The first-order chi connectivity index (χ1) is 16.7. The van der Waals surface area contributed by atoms with E-state index < -0.39 is 35.9 Å². The van der Waals surface area contributed by atoms with Crippen molar-refractivity contribution >= 4 is 11.9 Å². The SMILES string of the molecule is CC(C)(c1ccc(-c2ccccc2)cc1)C(CC(CO)C(=O)O)NC(=O)c1c[n+](=O)n(C2CC2)[nH]1. The van der Waals surface area contributed by atoms with Gasteiger partial charge in [-0.1, -0.05) is 68.4 Å². The van der Waals surface area contributed by atoms with E-state index in [9.17, 15) is 24.7 Å². The van der Waals surface area contributed by atoms with E-state index in [1.807, 2.05) is 68.4 Å². The lowest BCUT2D eigenvalue weighted by Gasteiger charge is -2.36. The third kappa shape index (κ3) is 5.35. The maximum absolute atomic E-state index is 13.1. The highest BCUT2D eigenvalue weighted by molar-refractivity contribution is 5.92. The number of nitrogens with zero attached hydrogens (tertiary/aromatic N) is 2. The Bertz CT molecular complexity index is 1240. The molecule has 1 aliphatic carbocycles. The van der Waals surface area contributed by atoms with Gasteiger partial charge in [0.25, 0.3) is 11.6 Å². The number of amides is 1. The molecule has 2 unspecified atom stereocenters. The van der Waals surface area contributed by atoms with Crippen molar-refractivity contribution in [3.63, 3.8) is 0 Å². The van der Waals surface area contributed by atoms with Crippen LogP contribution in [-0.4, -0.2) is 44.6 Å². The molecule has 4 N–H and O–H groups in total. The topological polar surface area (TPSA) is 130 Å². The van der Waals surface area contributed by atoms with E-state index in [1.54, 1.807) is 0 Å². The Labute approximate surface area is 203 Å². The van der Waals surface area contributed by atoms with Crippen LogP contribution in [0.25, 0.3) is 11.1 Å². The van der Waals surface area contributed by atoms with Crippen LogP contribution >= 0.6 is 0 Å². The van der Waals surface area contributed by atoms with Crippen LogP contribution in [0, 0.1) is 10.8 Å². The van der Waals surface area contributed by atoms with Crippen LogP contribution in [-0.2, 0) is 10.2 Å². The number of carbonyl (C=O) groups excluding carboxylic acids is 1. The Morgan fingerprint density at radius 1 is 1.11 bits per heavy atom. The number of carboxylic acid groups (broad SMARTS) is 1. The number of aliphatic hydroxyl groups is 1. The highest BCUT2D eigenvalue weighted by Gasteiger charge is 2.38. The molecule has 1 aromatic heterocycles. The number of nitrogens with one attached hydrogen (secondary N) is 2. The Balaban J connectivity index is 1.61. The molecule has 4 rings (SSSR count). The predicted octanol–water partition coefficient (Wildman–Crippen LogP) is 2.89. The minimum Gasteiger partial charge on any atom is -0.481 e. The number of hydrogen-bond acceptors (Lipinski definition) is 4. The highest BCUT2D eigenvalue weighted by atomic mass is 16.4. The van der Waals surface area contributed by atoms with Crippen molar-refractivity contribution in [1.82, 2.24) is 15.2 Å². The van der Waals surface area contributed by atoms with Gasteiger partial charge in [0.1, 0.15) is 6.04 Å². The van der Waals surface area contributed by atoms with E-state index in [0.29, 0.717) is 4.54 Å². The summed E-state index contributed by atoms with van der Waals surface area (Å²) in [5, 5.41) is 25.0.